The number of carbonyl (C=O) groups excluding carboxylic acids is 1. The van der Waals surface area contributed by atoms with Crippen molar-refractivity contribution in [3.8, 4) is 23.3 Å². The van der Waals surface area contributed by atoms with Gasteiger partial charge in [0.15, 0.2) is 12.6 Å². The molecule has 2 atom stereocenters. The van der Waals surface area contributed by atoms with Crippen molar-refractivity contribution in [2.24, 2.45) is 0 Å². The first kappa shape index (κ1) is 30.4. The molecule has 0 spiro atoms. The molecule has 41 heavy (non-hydrogen) atoms. The number of carbonyl (C=O) groups is 1. The summed E-state index contributed by atoms with van der Waals surface area (Å²) in [6, 6.07) is 16.5. The number of ether oxygens (including phenoxy) is 4. The van der Waals surface area contributed by atoms with Gasteiger partial charge >= 0.3 is 0 Å². The van der Waals surface area contributed by atoms with Crippen molar-refractivity contribution < 1.29 is 23.7 Å². The summed E-state index contributed by atoms with van der Waals surface area (Å²) in [6.45, 7) is 1.56. The van der Waals surface area contributed by atoms with E-state index >= 15 is 0 Å². The van der Waals surface area contributed by atoms with E-state index < -0.39 is 0 Å². The smallest absolute Gasteiger partial charge is 0.205 e. The monoisotopic (exact) mass is 594 g/mol. The zero-order chi connectivity index (χ0) is 28.2. The molecule has 220 valence electrons. The van der Waals surface area contributed by atoms with Crippen LogP contribution in [0.15, 0.2) is 48.5 Å². The number of benzene rings is 2. The van der Waals surface area contributed by atoms with E-state index in [9.17, 15) is 4.79 Å². The topological polar surface area (TPSA) is 54.0 Å². The van der Waals surface area contributed by atoms with E-state index in [2.05, 4.69) is 36.1 Å². The second-order valence-electron chi connectivity index (χ2n) is 11.0. The lowest BCUT2D eigenvalue weighted by molar-refractivity contribution is -0.113. The summed E-state index contributed by atoms with van der Waals surface area (Å²) < 4.78 is 23.3. The van der Waals surface area contributed by atoms with E-state index in [-0.39, 0.29) is 22.4 Å². The van der Waals surface area contributed by atoms with Gasteiger partial charge in [-0.1, -0.05) is 30.2 Å². The van der Waals surface area contributed by atoms with Gasteiger partial charge in [-0.3, -0.25) is 4.79 Å². The van der Waals surface area contributed by atoms with Gasteiger partial charge in [-0.15, -0.1) is 23.5 Å². The Balaban J connectivity index is 1.07. The van der Waals surface area contributed by atoms with Gasteiger partial charge in [0.2, 0.25) is 5.78 Å². The van der Waals surface area contributed by atoms with Crippen LogP contribution in [-0.2, 0) is 27.1 Å². The maximum absolute atomic E-state index is 12.6. The fourth-order valence-electron chi connectivity index (χ4n) is 5.27. The van der Waals surface area contributed by atoms with Gasteiger partial charge in [-0.2, -0.15) is 0 Å². The highest BCUT2D eigenvalue weighted by molar-refractivity contribution is 8.18. The summed E-state index contributed by atoms with van der Waals surface area (Å²) in [5.74, 6) is 10.2. The largest absolute Gasteiger partial charge is 0.465 e. The fourth-order valence-corrected chi connectivity index (χ4v) is 8.44. The molecule has 3 aliphatic rings. The molecule has 0 N–H and O–H groups in total. The Labute approximate surface area is 253 Å². The quantitative estimate of drug-likeness (QED) is 0.196. The molecule has 3 fully saturated rings. The van der Waals surface area contributed by atoms with Crippen LogP contribution in [0.4, 0.5) is 0 Å². The Morgan fingerprint density at radius 2 is 1.34 bits per heavy atom. The molecule has 0 radical (unpaired) electrons. The van der Waals surface area contributed by atoms with E-state index in [1.165, 1.54) is 12.0 Å². The first-order valence-electron chi connectivity index (χ1n) is 15.2. The number of thioether (sulfide) groups is 2. The van der Waals surface area contributed by atoms with Crippen LogP contribution in [0.2, 0.25) is 0 Å². The molecule has 5 rings (SSSR count). The summed E-state index contributed by atoms with van der Waals surface area (Å²) in [5.41, 5.74) is 2.43. The Kier molecular flexibility index (Phi) is 11.8. The van der Waals surface area contributed by atoms with Crippen LogP contribution in [-0.4, -0.2) is 47.2 Å². The molecule has 2 aromatic carbocycles. The molecule has 0 amide bonds. The molecule has 3 heterocycles. The normalized spacial score (nSPS) is 22.2. The lowest BCUT2D eigenvalue weighted by atomic mass is 10.1. The van der Waals surface area contributed by atoms with Gasteiger partial charge < -0.3 is 18.9 Å². The average molecular weight is 595 g/mol. The van der Waals surface area contributed by atoms with Crippen LogP contribution < -0.4 is 9.47 Å². The van der Waals surface area contributed by atoms with Crippen LogP contribution >= 0.6 is 23.5 Å². The highest BCUT2D eigenvalue weighted by atomic mass is 32.2. The number of ketones is 1. The Morgan fingerprint density at radius 1 is 0.780 bits per heavy atom. The summed E-state index contributed by atoms with van der Waals surface area (Å²) in [6.07, 6.45) is 11.3. The molecule has 0 saturated carbocycles. The maximum atomic E-state index is 12.6. The number of rotatable bonds is 11. The molecular weight excluding hydrogens is 553 g/mol. The Bertz CT molecular complexity index is 1140. The van der Waals surface area contributed by atoms with Gasteiger partial charge in [0.05, 0.1) is 17.3 Å². The number of hydrogen-bond donors (Lipinski definition) is 0. The Hall–Kier alpha value is -2.11. The summed E-state index contributed by atoms with van der Waals surface area (Å²) in [5, 5.41) is 0. The van der Waals surface area contributed by atoms with E-state index in [1.807, 2.05) is 47.8 Å². The zero-order valence-corrected chi connectivity index (χ0v) is 25.6. The highest BCUT2D eigenvalue weighted by Crippen LogP contribution is 2.47. The minimum absolute atomic E-state index is 0.0134. The van der Waals surface area contributed by atoms with E-state index in [4.69, 9.17) is 18.9 Å². The lowest BCUT2D eigenvalue weighted by Crippen LogP contribution is -2.25. The minimum Gasteiger partial charge on any atom is -0.465 e. The van der Waals surface area contributed by atoms with Crippen molar-refractivity contribution in [3.05, 3.63) is 59.7 Å². The third kappa shape index (κ3) is 9.99. The van der Waals surface area contributed by atoms with Gasteiger partial charge in [-0.25, -0.2) is 0 Å². The molecule has 3 saturated heterocycles. The lowest BCUT2D eigenvalue weighted by Gasteiger charge is -2.34. The van der Waals surface area contributed by atoms with Gasteiger partial charge in [0.25, 0.3) is 0 Å². The van der Waals surface area contributed by atoms with Gasteiger partial charge in [-0.05, 0) is 104 Å². The standard InChI is InChI=1S/C34H42O5S2/c35-29(15-10-27-11-16-30(17-12-27)38-32-8-1-3-23-36-32)7-5-21-34(40-25-6-26-41-34)22-20-28-13-18-31(19-14-28)39-33-9-2-4-24-37-33/h11-14,16-19,32-33H,1-4,6,8-10,15,20-26H2. The second kappa shape index (κ2) is 15.9. The molecule has 3 aliphatic heterocycles. The van der Waals surface area contributed by atoms with Crippen molar-refractivity contribution in [3.63, 3.8) is 0 Å². The van der Waals surface area contributed by atoms with E-state index in [0.29, 0.717) is 12.8 Å². The van der Waals surface area contributed by atoms with Crippen molar-refractivity contribution >= 4 is 29.3 Å². The van der Waals surface area contributed by atoms with Crippen LogP contribution in [0.3, 0.4) is 0 Å². The maximum Gasteiger partial charge on any atom is 0.205 e. The van der Waals surface area contributed by atoms with Crippen LogP contribution in [0.1, 0.15) is 75.3 Å². The predicted molar refractivity (Wildman–Crippen MR) is 168 cm³/mol. The van der Waals surface area contributed by atoms with Crippen molar-refractivity contribution in [1.29, 1.82) is 0 Å². The molecule has 5 nitrogen and oxygen atoms in total. The van der Waals surface area contributed by atoms with Crippen molar-refractivity contribution in [2.75, 3.05) is 24.7 Å². The number of hydrogen-bond acceptors (Lipinski definition) is 7. The number of aryl methyl sites for hydroxylation is 2. The molecule has 0 aromatic heterocycles. The third-order valence-electron chi connectivity index (χ3n) is 7.70. The fraction of sp³-hybridized carbons (Fsp3) is 0.559. The van der Waals surface area contributed by atoms with Crippen LogP contribution in [0, 0.1) is 11.8 Å². The van der Waals surface area contributed by atoms with E-state index in [0.717, 1.165) is 99.6 Å². The van der Waals surface area contributed by atoms with Gasteiger partial charge in [0, 0.05) is 25.7 Å². The molecule has 0 bridgehead atoms. The Morgan fingerprint density at radius 3 is 1.88 bits per heavy atom. The first-order valence-corrected chi connectivity index (χ1v) is 17.2. The first-order chi connectivity index (χ1) is 20.2. The summed E-state index contributed by atoms with van der Waals surface area (Å²) >= 11 is 4.04. The highest BCUT2D eigenvalue weighted by Gasteiger charge is 2.32. The van der Waals surface area contributed by atoms with Crippen molar-refractivity contribution in [1.82, 2.24) is 0 Å². The zero-order valence-electron chi connectivity index (χ0n) is 23.9. The molecule has 7 heteroatoms. The molecule has 0 aliphatic carbocycles. The average Bonchev–Trinajstić information content (AvgIpc) is 3.02. The molecule has 2 aromatic rings. The third-order valence-corrected chi connectivity index (χ3v) is 11.1. The van der Waals surface area contributed by atoms with Crippen LogP contribution in [0.5, 0.6) is 11.5 Å². The second-order valence-corrected chi connectivity index (χ2v) is 14.2. The van der Waals surface area contributed by atoms with E-state index in [1.54, 1.807) is 0 Å². The minimum atomic E-state index is -0.142. The van der Waals surface area contributed by atoms with Gasteiger partial charge in [0.1, 0.15) is 11.5 Å². The summed E-state index contributed by atoms with van der Waals surface area (Å²) in [4.78, 5) is 12.6. The van der Waals surface area contributed by atoms with Crippen molar-refractivity contribution in [2.45, 2.75) is 93.7 Å². The molecular formula is C34H42O5S2. The SMILES string of the molecule is O=C(C#CCC1(CCc2ccc(OC3CCCCO3)cc2)SCCCS1)CCc1ccc(OC2CCCCO2)cc1. The number of Topliss-reactive ketones (excluding diaryl/α,β-unsaturated/α-hetero) is 1. The van der Waals surface area contributed by atoms with Crippen LogP contribution in [0.25, 0.3) is 0 Å². The molecule has 2 unspecified atom stereocenters. The predicted octanol–water partition coefficient (Wildman–Crippen LogP) is 7.59. The summed E-state index contributed by atoms with van der Waals surface area (Å²) in [7, 11) is 0.